The molecule has 2 atom stereocenters. The van der Waals surface area contributed by atoms with Gasteiger partial charge >= 0.3 is 0 Å². The van der Waals surface area contributed by atoms with Crippen molar-refractivity contribution in [2.75, 3.05) is 0 Å². The quantitative estimate of drug-likeness (QED) is 0.653. The Bertz CT molecular complexity index is 250. The van der Waals surface area contributed by atoms with Crippen molar-refractivity contribution in [1.82, 2.24) is 0 Å². The minimum Gasteiger partial charge on any atom is -0.0648 e. The summed E-state index contributed by atoms with van der Waals surface area (Å²) >= 11 is 0. The van der Waals surface area contributed by atoms with Crippen LogP contribution in [-0.2, 0) is 0 Å². The molecule has 0 heterocycles. The van der Waals surface area contributed by atoms with E-state index in [1.165, 1.54) is 24.0 Å². The zero-order valence-corrected chi connectivity index (χ0v) is 9.80. The third kappa shape index (κ3) is 2.60. The molecule has 0 fully saturated rings. The van der Waals surface area contributed by atoms with Gasteiger partial charge in [-0.25, -0.2) is 0 Å². The highest BCUT2D eigenvalue weighted by atomic mass is 14.1. The Hall–Kier alpha value is -0.780. The molecule has 0 N–H and O–H groups in total. The van der Waals surface area contributed by atoms with Crippen molar-refractivity contribution in [3.63, 3.8) is 0 Å². The maximum Gasteiger partial charge on any atom is -0.0109 e. The Labute approximate surface area is 88.4 Å². The van der Waals surface area contributed by atoms with Crippen LogP contribution in [0.3, 0.4) is 0 Å². The lowest BCUT2D eigenvalue weighted by molar-refractivity contribution is 0.709. The lowest BCUT2D eigenvalue weighted by Crippen LogP contribution is -1.96. The second-order valence-electron chi connectivity index (χ2n) is 4.18. The zero-order valence-electron chi connectivity index (χ0n) is 9.80. The normalized spacial score (nSPS) is 15.1. The molecular formula is C14H21. The Morgan fingerprint density at radius 2 is 1.43 bits per heavy atom. The topological polar surface area (TPSA) is 0 Å². The maximum absolute atomic E-state index is 3.55. The van der Waals surface area contributed by atoms with Gasteiger partial charge in [0.2, 0.25) is 0 Å². The first-order valence-corrected chi connectivity index (χ1v) is 5.71. The molecule has 1 aromatic carbocycles. The van der Waals surface area contributed by atoms with Gasteiger partial charge in [0, 0.05) is 0 Å². The summed E-state index contributed by atoms with van der Waals surface area (Å²) in [6.45, 7) is 9.00. The number of hydrogen-bond donors (Lipinski definition) is 0. The summed E-state index contributed by atoms with van der Waals surface area (Å²) in [7, 11) is 0. The van der Waals surface area contributed by atoms with Crippen molar-refractivity contribution >= 4 is 0 Å². The summed E-state index contributed by atoms with van der Waals surface area (Å²) in [4.78, 5) is 0. The molecule has 0 saturated carbocycles. The predicted molar refractivity (Wildman–Crippen MR) is 62.7 cm³/mol. The first-order valence-electron chi connectivity index (χ1n) is 5.71. The van der Waals surface area contributed by atoms with Crippen molar-refractivity contribution in [1.29, 1.82) is 0 Å². The molecule has 1 aromatic rings. The number of benzene rings is 1. The molecule has 0 bridgehead atoms. The fourth-order valence-corrected chi connectivity index (χ4v) is 1.52. The lowest BCUT2D eigenvalue weighted by atomic mass is 9.92. The van der Waals surface area contributed by atoms with Gasteiger partial charge in [-0.2, -0.15) is 0 Å². The zero-order chi connectivity index (χ0) is 10.6. The van der Waals surface area contributed by atoms with Crippen LogP contribution < -0.4 is 0 Å². The molecule has 14 heavy (non-hydrogen) atoms. The second-order valence-corrected chi connectivity index (χ2v) is 4.18. The van der Waals surface area contributed by atoms with Crippen molar-refractivity contribution in [3.8, 4) is 0 Å². The lowest BCUT2D eigenvalue weighted by Gasteiger charge is -2.13. The molecule has 0 aliphatic carbocycles. The van der Waals surface area contributed by atoms with Gasteiger partial charge in [-0.05, 0) is 41.9 Å². The minimum atomic E-state index is 0.638. The Morgan fingerprint density at radius 1 is 1.00 bits per heavy atom. The van der Waals surface area contributed by atoms with Gasteiger partial charge in [0.15, 0.2) is 0 Å². The van der Waals surface area contributed by atoms with E-state index in [2.05, 4.69) is 52.0 Å². The van der Waals surface area contributed by atoms with Crippen LogP contribution >= 0.6 is 0 Å². The van der Waals surface area contributed by atoms with E-state index in [-0.39, 0.29) is 0 Å². The van der Waals surface area contributed by atoms with E-state index in [1.807, 2.05) is 0 Å². The maximum atomic E-state index is 3.55. The van der Waals surface area contributed by atoms with E-state index < -0.39 is 0 Å². The Morgan fingerprint density at radius 3 is 1.79 bits per heavy atom. The van der Waals surface area contributed by atoms with E-state index in [1.54, 1.807) is 0 Å². The largest absolute Gasteiger partial charge is 0.0648 e. The average Bonchev–Trinajstić information content (AvgIpc) is 2.27. The van der Waals surface area contributed by atoms with Gasteiger partial charge in [-0.15, -0.1) is 0 Å². The van der Waals surface area contributed by atoms with Crippen LogP contribution in [0.1, 0.15) is 63.5 Å². The number of rotatable bonds is 4. The minimum absolute atomic E-state index is 0.638. The van der Waals surface area contributed by atoms with Crippen molar-refractivity contribution in [2.45, 2.75) is 52.4 Å². The van der Waals surface area contributed by atoms with Gasteiger partial charge in [0.1, 0.15) is 0 Å². The van der Waals surface area contributed by atoms with Crippen LogP contribution in [-0.4, -0.2) is 0 Å². The van der Waals surface area contributed by atoms with Gasteiger partial charge in [0.05, 0.1) is 0 Å². The fraction of sp³-hybridized carbons (Fsp3) is 0.571. The molecule has 0 saturated heterocycles. The molecule has 0 nitrogen and oxygen atoms in total. The molecule has 0 amide bonds. The molecule has 0 aromatic heterocycles. The van der Waals surface area contributed by atoms with Crippen molar-refractivity contribution < 1.29 is 0 Å². The van der Waals surface area contributed by atoms with Gasteiger partial charge < -0.3 is 0 Å². The second kappa shape index (κ2) is 5.19. The van der Waals surface area contributed by atoms with Gasteiger partial charge in [-0.1, -0.05) is 45.9 Å². The third-order valence-electron chi connectivity index (χ3n) is 3.13. The van der Waals surface area contributed by atoms with E-state index in [4.69, 9.17) is 0 Å². The van der Waals surface area contributed by atoms with Crippen molar-refractivity contribution in [2.24, 2.45) is 0 Å². The summed E-state index contributed by atoms with van der Waals surface area (Å²) in [6, 6.07) is 10.1. The predicted octanol–water partition coefficient (Wildman–Crippen LogP) is 4.51. The van der Waals surface area contributed by atoms with E-state index in [0.29, 0.717) is 11.8 Å². The molecule has 1 rings (SSSR count). The van der Waals surface area contributed by atoms with E-state index >= 15 is 0 Å². The molecular weight excluding hydrogens is 168 g/mol. The first-order chi connectivity index (χ1) is 6.69. The summed E-state index contributed by atoms with van der Waals surface area (Å²) in [5.74, 6) is 1.28. The van der Waals surface area contributed by atoms with Crippen LogP contribution in [0.2, 0.25) is 0 Å². The summed E-state index contributed by atoms with van der Waals surface area (Å²) in [5, 5.41) is 0. The van der Waals surface area contributed by atoms with E-state index in [0.717, 1.165) is 0 Å². The monoisotopic (exact) mass is 189 g/mol. The first kappa shape index (κ1) is 11.3. The van der Waals surface area contributed by atoms with E-state index in [9.17, 15) is 0 Å². The van der Waals surface area contributed by atoms with Crippen LogP contribution in [0, 0.1) is 6.07 Å². The smallest absolute Gasteiger partial charge is 0.0109 e. The molecule has 0 aliphatic heterocycles. The highest BCUT2D eigenvalue weighted by molar-refractivity contribution is 5.26. The Balaban J connectivity index is 2.89. The standard InChI is InChI=1S/C14H21/c1-5-11(3)13-8-7-9-14(10-13)12(4)6-2/h7-9,11-12H,5-6H2,1-4H3. The van der Waals surface area contributed by atoms with Crippen LogP contribution in [0.4, 0.5) is 0 Å². The molecule has 0 spiro atoms. The van der Waals surface area contributed by atoms with Crippen LogP contribution in [0.25, 0.3) is 0 Å². The molecule has 77 valence electrons. The summed E-state index contributed by atoms with van der Waals surface area (Å²) in [5.41, 5.74) is 2.73. The summed E-state index contributed by atoms with van der Waals surface area (Å²) in [6.07, 6.45) is 2.39. The average molecular weight is 189 g/mol. The third-order valence-corrected chi connectivity index (χ3v) is 3.13. The highest BCUT2D eigenvalue weighted by Crippen LogP contribution is 2.23. The van der Waals surface area contributed by atoms with Gasteiger partial charge in [-0.3, -0.25) is 0 Å². The highest BCUT2D eigenvalue weighted by Gasteiger charge is 2.07. The molecule has 0 heteroatoms. The number of hydrogen-bond acceptors (Lipinski definition) is 0. The molecule has 0 aliphatic rings. The van der Waals surface area contributed by atoms with Crippen LogP contribution in [0.15, 0.2) is 18.2 Å². The Kier molecular flexibility index (Phi) is 4.19. The molecule has 1 radical (unpaired) electrons. The fourth-order valence-electron chi connectivity index (χ4n) is 1.52. The van der Waals surface area contributed by atoms with Gasteiger partial charge in [0.25, 0.3) is 0 Å². The molecule has 2 unspecified atom stereocenters. The SMILES string of the molecule is CCC(C)c1[c]c(C(C)CC)ccc1. The van der Waals surface area contributed by atoms with Crippen molar-refractivity contribution in [3.05, 3.63) is 35.4 Å². The summed E-state index contributed by atoms with van der Waals surface area (Å²) < 4.78 is 0. The van der Waals surface area contributed by atoms with Crippen LogP contribution in [0.5, 0.6) is 0 Å².